The van der Waals surface area contributed by atoms with Gasteiger partial charge in [0.25, 0.3) is 0 Å². The van der Waals surface area contributed by atoms with Crippen LogP contribution in [0.5, 0.6) is 11.5 Å². The molecule has 0 saturated heterocycles. The third-order valence-electron chi connectivity index (χ3n) is 5.71. The summed E-state index contributed by atoms with van der Waals surface area (Å²) < 4.78 is 242. The molecule has 0 aliphatic heterocycles. The van der Waals surface area contributed by atoms with Crippen LogP contribution < -0.4 is 20.9 Å². The third-order valence-corrected chi connectivity index (χ3v) is 5.71. The number of hydrogen-bond donors (Lipinski definition) is 2. The fourth-order valence-corrected chi connectivity index (χ4v) is 3.46. The Morgan fingerprint density at radius 3 is 1.31 bits per heavy atom. The van der Waals surface area contributed by atoms with E-state index in [9.17, 15) is 70.2 Å². The van der Waals surface area contributed by atoms with Crippen LogP contribution in [0.25, 0.3) is 0 Å². The molecule has 0 aromatic heterocycles. The second kappa shape index (κ2) is 10.1. The Labute approximate surface area is 220 Å². The number of hydrogen-bond acceptors (Lipinski definition) is 4. The van der Waals surface area contributed by atoms with Crippen LogP contribution >= 0.6 is 0 Å². The molecule has 42 heavy (non-hydrogen) atoms. The molecule has 0 amide bonds. The van der Waals surface area contributed by atoms with Crippen LogP contribution in [0.2, 0.25) is 0 Å². The number of rotatable bonds is 4. The minimum Gasteiger partial charge on any atom is -0.448 e. The Hall–Kier alpha value is -3.49. The van der Waals surface area contributed by atoms with Gasteiger partial charge in [-0.1, -0.05) is 0 Å². The maximum atomic E-state index is 15.1. The molecule has 0 heterocycles. The average Bonchev–Trinajstić information content (AvgIpc) is 2.82. The lowest BCUT2D eigenvalue weighted by molar-refractivity contribution is -0.218. The summed E-state index contributed by atoms with van der Waals surface area (Å²) in [5, 5.41) is 0. The highest BCUT2D eigenvalue weighted by Gasteiger charge is 2.64. The predicted octanol–water partition coefficient (Wildman–Crippen LogP) is 7.03. The first-order valence-corrected chi connectivity index (χ1v) is 10.3. The number of alkyl halides is 11. The van der Waals surface area contributed by atoms with Gasteiger partial charge in [0.05, 0.1) is 0 Å². The highest BCUT2D eigenvalue weighted by Crippen LogP contribution is 2.50. The first-order chi connectivity index (χ1) is 18.8. The summed E-state index contributed by atoms with van der Waals surface area (Å²) in [5.41, 5.74) is -3.11. The summed E-state index contributed by atoms with van der Waals surface area (Å²) in [7, 11) is 0. The molecule has 1 aromatic rings. The molecule has 0 fully saturated rings. The van der Waals surface area contributed by atoms with Crippen molar-refractivity contribution in [2.24, 2.45) is 11.5 Å². The maximum Gasteiger partial charge on any atom is 0.428 e. The van der Waals surface area contributed by atoms with E-state index in [-0.39, 0.29) is 0 Å². The third kappa shape index (κ3) is 5.15. The largest absolute Gasteiger partial charge is 0.448 e. The zero-order valence-electron chi connectivity index (χ0n) is 19.3. The lowest BCUT2D eigenvalue weighted by Gasteiger charge is -2.33. The van der Waals surface area contributed by atoms with Crippen molar-refractivity contribution in [1.29, 1.82) is 0 Å². The molecule has 1 aromatic carbocycles. The number of allylic oxidation sites excluding steroid dienone is 2. The van der Waals surface area contributed by atoms with Crippen molar-refractivity contribution in [3.63, 3.8) is 0 Å². The first-order valence-electron chi connectivity index (χ1n) is 10.3. The van der Waals surface area contributed by atoms with Crippen molar-refractivity contribution in [1.82, 2.24) is 0 Å². The molecule has 4 unspecified atom stereocenters. The van der Waals surface area contributed by atoms with Crippen molar-refractivity contribution in [2.45, 2.75) is 42.0 Å². The van der Waals surface area contributed by atoms with Gasteiger partial charge in [0, 0.05) is 12.2 Å². The predicted molar refractivity (Wildman–Crippen MR) is 103 cm³/mol. The normalized spacial score (nSPS) is 27.7. The Bertz CT molecular complexity index is 1420. The van der Waals surface area contributed by atoms with Gasteiger partial charge >= 0.3 is 18.5 Å². The average molecular weight is 644 g/mol. The van der Waals surface area contributed by atoms with Crippen LogP contribution in [0.15, 0.2) is 53.0 Å². The molecule has 0 bridgehead atoms. The van der Waals surface area contributed by atoms with Crippen LogP contribution in [-0.2, 0) is 6.18 Å². The molecule has 0 saturated carbocycles. The van der Waals surface area contributed by atoms with Gasteiger partial charge in [-0.2, -0.15) is 43.9 Å². The molecule has 21 heteroatoms. The lowest BCUT2D eigenvalue weighted by Crippen LogP contribution is -2.56. The highest BCUT2D eigenvalue weighted by atomic mass is 19.4. The molecular formula is C21H9F17N2O2. The Balaban J connectivity index is 2.19. The van der Waals surface area contributed by atoms with Gasteiger partial charge in [0.2, 0.25) is 22.9 Å². The maximum absolute atomic E-state index is 15.1. The summed E-state index contributed by atoms with van der Waals surface area (Å²) in [4.78, 5) is 0. The second-order valence-electron chi connectivity index (χ2n) is 8.41. The van der Waals surface area contributed by atoms with E-state index in [1.54, 1.807) is 0 Å². The van der Waals surface area contributed by atoms with Gasteiger partial charge in [0.1, 0.15) is 17.6 Å². The summed E-state index contributed by atoms with van der Waals surface area (Å²) in [6.45, 7) is 0. The van der Waals surface area contributed by atoms with Crippen molar-refractivity contribution in [3.8, 4) is 11.5 Å². The van der Waals surface area contributed by atoms with Crippen LogP contribution in [0.3, 0.4) is 0 Å². The number of ether oxygens (including phenoxy) is 2. The first kappa shape index (κ1) is 33.0. The Morgan fingerprint density at radius 2 is 0.976 bits per heavy atom. The number of benzene rings is 1. The molecule has 3 rings (SSSR count). The number of halogens is 17. The SMILES string of the molecule is NC1C(F)=C(Oc2c(F)cc(C(F)(F)F)c(OC3=C(F)C(N)C(F)(C(F)(F)F)C=C3F)c2F)C(F)=CC1(F)C(F)(F)F. The van der Waals surface area contributed by atoms with Gasteiger partial charge in [-0.05, 0) is 6.07 Å². The van der Waals surface area contributed by atoms with Gasteiger partial charge in [0.15, 0.2) is 46.4 Å². The summed E-state index contributed by atoms with van der Waals surface area (Å²) in [6, 6.07) is -7.86. The number of nitrogens with two attached hydrogens (primary N) is 2. The van der Waals surface area contributed by atoms with Gasteiger partial charge < -0.3 is 20.9 Å². The zero-order valence-corrected chi connectivity index (χ0v) is 19.3. The van der Waals surface area contributed by atoms with Crippen LogP contribution in [0.1, 0.15) is 5.56 Å². The standard InChI is InChI=1S/C21H9F17N2O2/c22-5-1-4(19(30,31)32)11(41-13-6(23)2-17(28,20(33,34)35)15(39)9(13)26)8(25)12(5)42-14-7(24)3-18(29,21(36,37)38)16(40)10(14)27/h1-3,15-16H,39-40H2. The highest BCUT2D eigenvalue weighted by molar-refractivity contribution is 5.50. The van der Waals surface area contributed by atoms with Gasteiger partial charge in [-0.25, -0.2) is 30.7 Å². The molecule has 4 N–H and O–H groups in total. The van der Waals surface area contributed by atoms with E-state index >= 15 is 4.39 Å². The fraction of sp³-hybridized carbons (Fsp3) is 0.333. The molecule has 0 radical (unpaired) electrons. The van der Waals surface area contributed by atoms with Crippen molar-refractivity contribution < 1.29 is 84.1 Å². The van der Waals surface area contributed by atoms with Gasteiger partial charge in [-0.3, -0.25) is 0 Å². The molecule has 4 atom stereocenters. The van der Waals surface area contributed by atoms with Crippen LogP contribution in [0, 0.1) is 11.6 Å². The molecule has 0 spiro atoms. The van der Waals surface area contributed by atoms with Crippen molar-refractivity contribution in [3.05, 3.63) is 70.2 Å². The topological polar surface area (TPSA) is 70.5 Å². The van der Waals surface area contributed by atoms with Gasteiger partial charge in [-0.15, -0.1) is 0 Å². The van der Waals surface area contributed by atoms with Crippen LogP contribution in [-0.4, -0.2) is 35.8 Å². The minimum atomic E-state index is -6.12. The summed E-state index contributed by atoms with van der Waals surface area (Å²) >= 11 is 0. The van der Waals surface area contributed by atoms with Crippen molar-refractivity contribution >= 4 is 0 Å². The zero-order chi connectivity index (χ0) is 32.5. The lowest BCUT2D eigenvalue weighted by atomic mass is 9.89. The Kier molecular flexibility index (Phi) is 7.91. The molecule has 2 aliphatic carbocycles. The quantitative estimate of drug-likeness (QED) is 0.346. The summed E-state index contributed by atoms with van der Waals surface area (Å²) in [5.74, 6) is -26.1. The molecule has 2 aliphatic rings. The van der Waals surface area contributed by atoms with E-state index in [4.69, 9.17) is 11.5 Å². The molecular weight excluding hydrogens is 635 g/mol. The van der Waals surface area contributed by atoms with E-state index in [2.05, 4.69) is 9.47 Å². The van der Waals surface area contributed by atoms with E-state index in [0.717, 1.165) is 0 Å². The van der Waals surface area contributed by atoms with E-state index < -0.39 is 124 Å². The van der Waals surface area contributed by atoms with E-state index in [0.29, 0.717) is 0 Å². The minimum absolute atomic E-state index is 0.802. The molecule has 4 nitrogen and oxygen atoms in total. The van der Waals surface area contributed by atoms with Crippen molar-refractivity contribution in [2.75, 3.05) is 0 Å². The summed E-state index contributed by atoms with van der Waals surface area (Å²) in [6.07, 6.45) is -20.3. The van der Waals surface area contributed by atoms with E-state index in [1.807, 2.05) is 0 Å². The Morgan fingerprint density at radius 1 is 0.619 bits per heavy atom. The van der Waals surface area contributed by atoms with Crippen LogP contribution in [0.4, 0.5) is 74.6 Å². The fourth-order valence-electron chi connectivity index (χ4n) is 3.46. The smallest absolute Gasteiger partial charge is 0.428 e. The second-order valence-corrected chi connectivity index (χ2v) is 8.41. The van der Waals surface area contributed by atoms with E-state index in [1.165, 1.54) is 0 Å². The molecule has 234 valence electrons. The monoisotopic (exact) mass is 644 g/mol.